The molecule has 2 amide bonds. The van der Waals surface area contributed by atoms with E-state index in [4.69, 9.17) is 28.8 Å². The van der Waals surface area contributed by atoms with E-state index in [2.05, 4.69) is 0 Å². The van der Waals surface area contributed by atoms with Crippen LogP contribution in [-0.2, 0) is 19.1 Å². The lowest BCUT2D eigenvalue weighted by Crippen LogP contribution is -2.47. The predicted molar refractivity (Wildman–Crippen MR) is 106 cm³/mol. The highest BCUT2D eigenvalue weighted by Crippen LogP contribution is 2.28. The molecule has 10 nitrogen and oxygen atoms in total. The Bertz CT molecular complexity index is 721. The van der Waals surface area contributed by atoms with Crippen LogP contribution in [0.5, 0.6) is 11.5 Å². The van der Waals surface area contributed by atoms with Crippen LogP contribution < -0.4 is 9.47 Å². The summed E-state index contributed by atoms with van der Waals surface area (Å²) in [6, 6.07) is 5.07. The molecule has 0 bridgehead atoms. The molecule has 1 atom stereocenters. The van der Waals surface area contributed by atoms with Gasteiger partial charge in [0.1, 0.15) is 0 Å². The van der Waals surface area contributed by atoms with Gasteiger partial charge in [0.2, 0.25) is 5.91 Å². The van der Waals surface area contributed by atoms with Gasteiger partial charge in [-0.2, -0.15) is 0 Å². The summed E-state index contributed by atoms with van der Waals surface area (Å²) in [7, 11) is 3.08. The van der Waals surface area contributed by atoms with Crippen molar-refractivity contribution >= 4 is 18.3 Å². The van der Waals surface area contributed by atoms with Crippen molar-refractivity contribution in [3.8, 4) is 11.5 Å². The molecule has 3 rings (SSSR count). The van der Waals surface area contributed by atoms with Gasteiger partial charge in [-0.3, -0.25) is 14.4 Å². The number of hydrogen-bond acceptors (Lipinski definition) is 7. The van der Waals surface area contributed by atoms with E-state index >= 15 is 0 Å². The number of carboxylic acid groups (broad SMARTS) is 1. The van der Waals surface area contributed by atoms with Gasteiger partial charge in [-0.15, -0.1) is 0 Å². The molecular formula is C20H28N2O8. The smallest absolute Gasteiger partial charge is 0.290 e. The van der Waals surface area contributed by atoms with Crippen molar-refractivity contribution in [3.05, 3.63) is 23.8 Å². The van der Waals surface area contributed by atoms with Crippen molar-refractivity contribution in [1.29, 1.82) is 0 Å². The lowest BCUT2D eigenvalue weighted by molar-refractivity contribution is -0.141. The SMILES string of the molecule is COc1ccc(C(=O)N2CCOCC(C(=O)N3CCOCC3)C2)cc1OC.O=CO. The number of carbonyl (C=O) groups excluding carboxylic acids is 2. The Morgan fingerprint density at radius 1 is 1.03 bits per heavy atom. The van der Waals surface area contributed by atoms with E-state index in [1.54, 1.807) is 35.1 Å². The molecule has 1 aromatic carbocycles. The Balaban J connectivity index is 0.00000101. The van der Waals surface area contributed by atoms with Crippen LogP contribution in [0.2, 0.25) is 0 Å². The number of nitrogens with zero attached hydrogens (tertiary/aromatic N) is 2. The number of morpholine rings is 1. The Morgan fingerprint density at radius 3 is 2.27 bits per heavy atom. The highest BCUT2D eigenvalue weighted by atomic mass is 16.5. The quantitative estimate of drug-likeness (QED) is 0.689. The third-order valence-corrected chi connectivity index (χ3v) is 4.86. The monoisotopic (exact) mass is 424 g/mol. The summed E-state index contributed by atoms with van der Waals surface area (Å²) in [5, 5.41) is 6.89. The van der Waals surface area contributed by atoms with Gasteiger partial charge in [0.05, 0.1) is 46.6 Å². The number of methoxy groups -OCH3 is 2. The highest BCUT2D eigenvalue weighted by Gasteiger charge is 2.31. The lowest BCUT2D eigenvalue weighted by Gasteiger charge is -2.31. The fourth-order valence-electron chi connectivity index (χ4n) is 3.34. The van der Waals surface area contributed by atoms with Crippen molar-refractivity contribution < 1.29 is 38.4 Å². The maximum atomic E-state index is 13.0. The number of hydrogen-bond donors (Lipinski definition) is 1. The zero-order chi connectivity index (χ0) is 21.9. The Labute approximate surface area is 175 Å². The van der Waals surface area contributed by atoms with E-state index in [0.29, 0.717) is 69.7 Å². The first kappa shape index (κ1) is 23.4. The summed E-state index contributed by atoms with van der Waals surface area (Å²) < 4.78 is 21.4. The molecule has 30 heavy (non-hydrogen) atoms. The van der Waals surface area contributed by atoms with E-state index in [-0.39, 0.29) is 24.2 Å². The summed E-state index contributed by atoms with van der Waals surface area (Å²) in [4.78, 5) is 37.6. The molecule has 2 saturated heterocycles. The first-order chi connectivity index (χ1) is 14.5. The van der Waals surface area contributed by atoms with Gasteiger partial charge in [-0.1, -0.05) is 0 Å². The second kappa shape index (κ2) is 12.0. The van der Waals surface area contributed by atoms with Crippen molar-refractivity contribution in [2.75, 3.05) is 66.8 Å². The molecule has 1 aromatic rings. The molecule has 0 saturated carbocycles. The second-order valence-electron chi connectivity index (χ2n) is 6.64. The number of benzene rings is 1. The third kappa shape index (κ3) is 6.07. The molecule has 0 radical (unpaired) electrons. The largest absolute Gasteiger partial charge is 0.493 e. The van der Waals surface area contributed by atoms with Crippen LogP contribution in [-0.4, -0.2) is 100 Å². The molecular weight excluding hydrogens is 396 g/mol. The lowest BCUT2D eigenvalue weighted by atomic mass is 10.1. The molecule has 2 aliphatic rings. The summed E-state index contributed by atoms with van der Waals surface area (Å²) in [6.45, 7) is 3.53. The summed E-state index contributed by atoms with van der Waals surface area (Å²) in [5.74, 6) is 0.560. The van der Waals surface area contributed by atoms with E-state index in [1.807, 2.05) is 0 Å². The van der Waals surface area contributed by atoms with Crippen molar-refractivity contribution in [3.63, 3.8) is 0 Å². The van der Waals surface area contributed by atoms with Crippen LogP contribution in [0.25, 0.3) is 0 Å². The molecule has 2 aliphatic heterocycles. The van der Waals surface area contributed by atoms with Crippen molar-refractivity contribution in [2.24, 2.45) is 5.92 Å². The average molecular weight is 424 g/mol. The van der Waals surface area contributed by atoms with Gasteiger partial charge >= 0.3 is 0 Å². The minimum Gasteiger partial charge on any atom is -0.493 e. The van der Waals surface area contributed by atoms with E-state index < -0.39 is 0 Å². The maximum absolute atomic E-state index is 13.0. The fourth-order valence-corrected chi connectivity index (χ4v) is 3.34. The molecule has 0 aliphatic carbocycles. The summed E-state index contributed by atoms with van der Waals surface area (Å²) >= 11 is 0. The van der Waals surface area contributed by atoms with Gasteiger partial charge in [-0.05, 0) is 18.2 Å². The molecule has 1 unspecified atom stereocenters. The topological polar surface area (TPSA) is 115 Å². The van der Waals surface area contributed by atoms with Gasteiger partial charge in [0.15, 0.2) is 11.5 Å². The first-order valence-corrected chi connectivity index (χ1v) is 9.59. The molecule has 0 spiro atoms. The van der Waals surface area contributed by atoms with Crippen molar-refractivity contribution in [2.45, 2.75) is 0 Å². The fraction of sp³-hybridized carbons (Fsp3) is 0.550. The molecule has 2 fully saturated rings. The van der Waals surface area contributed by atoms with Gasteiger partial charge < -0.3 is 33.9 Å². The zero-order valence-corrected chi connectivity index (χ0v) is 17.2. The molecule has 2 heterocycles. The van der Waals surface area contributed by atoms with Crippen LogP contribution in [0.1, 0.15) is 10.4 Å². The minimum atomic E-state index is -0.366. The number of ether oxygens (including phenoxy) is 4. The molecule has 0 aromatic heterocycles. The first-order valence-electron chi connectivity index (χ1n) is 9.59. The van der Waals surface area contributed by atoms with Crippen molar-refractivity contribution in [1.82, 2.24) is 9.80 Å². The normalized spacial score (nSPS) is 19.1. The zero-order valence-electron chi connectivity index (χ0n) is 17.2. The van der Waals surface area contributed by atoms with Crippen LogP contribution >= 0.6 is 0 Å². The Morgan fingerprint density at radius 2 is 1.63 bits per heavy atom. The number of carbonyl (C=O) groups is 3. The predicted octanol–water partition coefficient (Wildman–Crippen LogP) is 0.352. The van der Waals surface area contributed by atoms with E-state index in [1.165, 1.54) is 7.11 Å². The number of rotatable bonds is 4. The summed E-state index contributed by atoms with van der Waals surface area (Å²) in [6.07, 6.45) is 0. The van der Waals surface area contributed by atoms with Gasteiger partial charge in [0.25, 0.3) is 12.4 Å². The van der Waals surface area contributed by atoms with E-state index in [9.17, 15) is 9.59 Å². The van der Waals surface area contributed by atoms with Crippen LogP contribution in [0.3, 0.4) is 0 Å². The highest BCUT2D eigenvalue weighted by molar-refractivity contribution is 5.95. The number of amides is 2. The Kier molecular flexibility index (Phi) is 9.36. The average Bonchev–Trinajstić information content (AvgIpc) is 3.05. The minimum absolute atomic E-state index is 0.0188. The Hall–Kier alpha value is -2.85. The summed E-state index contributed by atoms with van der Waals surface area (Å²) in [5.41, 5.74) is 0.493. The van der Waals surface area contributed by atoms with Crippen LogP contribution in [0.15, 0.2) is 18.2 Å². The van der Waals surface area contributed by atoms with Gasteiger partial charge in [0, 0.05) is 31.7 Å². The second-order valence-corrected chi connectivity index (χ2v) is 6.64. The van der Waals surface area contributed by atoms with Crippen LogP contribution in [0, 0.1) is 5.92 Å². The molecule has 1 N–H and O–H groups in total. The van der Waals surface area contributed by atoms with Gasteiger partial charge in [-0.25, -0.2) is 0 Å². The molecule has 166 valence electrons. The maximum Gasteiger partial charge on any atom is 0.290 e. The van der Waals surface area contributed by atoms with Crippen LogP contribution in [0.4, 0.5) is 0 Å². The third-order valence-electron chi connectivity index (χ3n) is 4.86. The standard InChI is InChI=1S/C19H26N2O6.CH2O2/c1-24-16-4-3-14(11-17(16)25-2)18(22)21-7-10-27-13-15(12-21)19(23)20-5-8-26-9-6-20;2-1-3/h3-4,11,15H,5-10,12-13H2,1-2H3;1H,(H,2,3). The van der Waals surface area contributed by atoms with E-state index in [0.717, 1.165) is 0 Å². The molecule has 10 heteroatoms.